The molecular formula is C13H14ClN3OS. The third-order valence-electron chi connectivity index (χ3n) is 2.61. The fourth-order valence-corrected chi connectivity index (χ4v) is 2.65. The number of pyridine rings is 1. The molecule has 0 aliphatic carbocycles. The molecule has 0 aromatic carbocycles. The molecule has 0 spiro atoms. The number of hydrogen-bond acceptors (Lipinski definition) is 3. The Hall–Kier alpha value is -1.59. The molecule has 2 rings (SSSR count). The smallest absolute Gasteiger partial charge is 0.320 e. The van der Waals surface area contributed by atoms with Crippen LogP contribution in [0, 0.1) is 6.92 Å². The lowest BCUT2D eigenvalue weighted by Gasteiger charge is -2.13. The summed E-state index contributed by atoms with van der Waals surface area (Å²) in [6.45, 7) is 3.80. The van der Waals surface area contributed by atoms with E-state index in [2.05, 4.69) is 15.6 Å². The van der Waals surface area contributed by atoms with E-state index in [1.807, 2.05) is 38.1 Å². The highest BCUT2D eigenvalue weighted by Crippen LogP contribution is 2.26. The molecule has 4 nitrogen and oxygen atoms in total. The zero-order chi connectivity index (χ0) is 13.8. The Bertz CT molecular complexity index is 585. The second-order valence-electron chi connectivity index (χ2n) is 4.13. The number of thiophene rings is 1. The van der Waals surface area contributed by atoms with Gasteiger partial charge in [-0.15, -0.1) is 11.3 Å². The van der Waals surface area contributed by atoms with Crippen molar-refractivity contribution in [3.8, 4) is 0 Å². The van der Waals surface area contributed by atoms with E-state index < -0.39 is 0 Å². The average molecular weight is 296 g/mol. The minimum atomic E-state index is -0.279. The first kappa shape index (κ1) is 13.8. The van der Waals surface area contributed by atoms with Gasteiger partial charge in [-0.1, -0.05) is 17.7 Å². The maximum absolute atomic E-state index is 11.9. The molecule has 6 heteroatoms. The van der Waals surface area contributed by atoms with Crippen LogP contribution in [-0.2, 0) is 0 Å². The average Bonchev–Trinajstić information content (AvgIpc) is 2.79. The third-order valence-corrected chi connectivity index (χ3v) is 4.02. The number of hydrogen-bond donors (Lipinski definition) is 2. The summed E-state index contributed by atoms with van der Waals surface area (Å²) in [6, 6.07) is 7.07. The van der Waals surface area contributed by atoms with Gasteiger partial charge in [0.05, 0.1) is 10.4 Å². The van der Waals surface area contributed by atoms with Gasteiger partial charge in [0.15, 0.2) is 0 Å². The molecule has 0 bridgehead atoms. The van der Waals surface area contributed by atoms with Crippen molar-refractivity contribution in [2.75, 3.05) is 5.32 Å². The van der Waals surface area contributed by atoms with Gasteiger partial charge in [0.1, 0.15) is 5.82 Å². The lowest BCUT2D eigenvalue weighted by Crippen LogP contribution is -2.31. The quantitative estimate of drug-likeness (QED) is 0.899. The van der Waals surface area contributed by atoms with Crippen molar-refractivity contribution >= 4 is 34.8 Å². The molecule has 0 radical (unpaired) electrons. The van der Waals surface area contributed by atoms with Crippen LogP contribution >= 0.6 is 22.9 Å². The lowest BCUT2D eigenvalue weighted by atomic mass is 10.3. The van der Waals surface area contributed by atoms with Crippen molar-refractivity contribution in [2.24, 2.45) is 0 Å². The maximum atomic E-state index is 11.9. The molecule has 2 N–H and O–H groups in total. The van der Waals surface area contributed by atoms with Crippen molar-refractivity contribution in [2.45, 2.75) is 19.9 Å². The summed E-state index contributed by atoms with van der Waals surface area (Å²) < 4.78 is 0.713. The second kappa shape index (κ2) is 6.04. The van der Waals surface area contributed by atoms with Crippen molar-refractivity contribution in [3.05, 3.63) is 45.2 Å². The van der Waals surface area contributed by atoms with Gasteiger partial charge in [0, 0.05) is 11.1 Å². The van der Waals surface area contributed by atoms with Crippen LogP contribution in [0.2, 0.25) is 4.34 Å². The Morgan fingerprint density at radius 1 is 1.42 bits per heavy atom. The molecule has 19 heavy (non-hydrogen) atoms. The number of carbonyl (C=O) groups excluding carboxylic acids is 1. The monoisotopic (exact) mass is 295 g/mol. The number of nitrogens with zero attached hydrogens (tertiary/aromatic N) is 1. The molecular weight excluding hydrogens is 282 g/mol. The van der Waals surface area contributed by atoms with Crippen LogP contribution in [0.3, 0.4) is 0 Å². The number of carbonyl (C=O) groups is 1. The summed E-state index contributed by atoms with van der Waals surface area (Å²) in [6.07, 6.45) is 1.64. The minimum Gasteiger partial charge on any atom is -0.330 e. The first-order valence-corrected chi connectivity index (χ1v) is 7.00. The first-order valence-electron chi connectivity index (χ1n) is 5.80. The maximum Gasteiger partial charge on any atom is 0.320 e. The van der Waals surface area contributed by atoms with Crippen LogP contribution < -0.4 is 10.6 Å². The summed E-state index contributed by atoms with van der Waals surface area (Å²) in [5.41, 5.74) is 0.921. The number of aromatic nitrogens is 1. The molecule has 0 aliphatic heterocycles. The predicted octanol–water partition coefficient (Wildman–Crippen LogP) is 3.99. The van der Waals surface area contributed by atoms with Crippen LogP contribution in [0.25, 0.3) is 0 Å². The summed E-state index contributed by atoms with van der Waals surface area (Å²) >= 11 is 7.33. The lowest BCUT2D eigenvalue weighted by molar-refractivity contribution is 0.249. The number of urea groups is 1. The highest BCUT2D eigenvalue weighted by Gasteiger charge is 2.12. The number of halogens is 1. The summed E-state index contributed by atoms with van der Waals surface area (Å²) in [4.78, 5) is 17.0. The number of rotatable bonds is 3. The Morgan fingerprint density at radius 3 is 2.84 bits per heavy atom. The Morgan fingerprint density at radius 2 is 2.21 bits per heavy atom. The fourth-order valence-electron chi connectivity index (χ4n) is 1.59. The molecule has 0 saturated heterocycles. The van der Waals surface area contributed by atoms with Crippen molar-refractivity contribution in [3.63, 3.8) is 0 Å². The molecule has 2 heterocycles. The molecule has 0 aliphatic rings. The van der Waals surface area contributed by atoms with Crippen molar-refractivity contribution in [1.82, 2.24) is 10.3 Å². The van der Waals surface area contributed by atoms with E-state index in [1.165, 1.54) is 11.3 Å². The third kappa shape index (κ3) is 3.68. The molecule has 2 aromatic rings. The SMILES string of the molecule is Cc1cccnc1NC(=O)N[C@H](C)c1ccc(Cl)s1. The summed E-state index contributed by atoms with van der Waals surface area (Å²) in [7, 11) is 0. The molecule has 0 saturated carbocycles. The standard InChI is InChI=1S/C13H14ClN3OS/c1-8-4-3-7-15-12(8)17-13(18)16-9(2)10-5-6-11(14)19-10/h3-7,9H,1-2H3,(H2,15,16,17,18)/t9-/m1/s1. The largest absolute Gasteiger partial charge is 0.330 e. The Balaban J connectivity index is 1.96. The van der Waals surface area contributed by atoms with Crippen LogP contribution in [0.4, 0.5) is 10.6 Å². The van der Waals surface area contributed by atoms with Crippen LogP contribution in [0.1, 0.15) is 23.4 Å². The van der Waals surface area contributed by atoms with Gasteiger partial charge in [0.25, 0.3) is 0 Å². The van der Waals surface area contributed by atoms with Crippen LogP contribution in [0.15, 0.2) is 30.5 Å². The second-order valence-corrected chi connectivity index (χ2v) is 5.88. The topological polar surface area (TPSA) is 54.0 Å². The number of amides is 2. The normalized spacial score (nSPS) is 11.9. The first-order chi connectivity index (χ1) is 9.06. The highest BCUT2D eigenvalue weighted by atomic mass is 35.5. The number of nitrogens with one attached hydrogen (secondary N) is 2. The highest BCUT2D eigenvalue weighted by molar-refractivity contribution is 7.16. The van der Waals surface area contributed by atoms with E-state index in [0.29, 0.717) is 10.2 Å². The molecule has 2 aromatic heterocycles. The van der Waals surface area contributed by atoms with E-state index in [1.54, 1.807) is 6.20 Å². The number of aryl methyl sites for hydroxylation is 1. The van der Waals surface area contributed by atoms with Gasteiger partial charge < -0.3 is 5.32 Å². The van der Waals surface area contributed by atoms with Crippen molar-refractivity contribution in [1.29, 1.82) is 0 Å². The van der Waals surface area contributed by atoms with Crippen LogP contribution in [-0.4, -0.2) is 11.0 Å². The van der Waals surface area contributed by atoms with Gasteiger partial charge in [-0.3, -0.25) is 5.32 Å². The van der Waals surface area contributed by atoms with Gasteiger partial charge in [0.2, 0.25) is 0 Å². The van der Waals surface area contributed by atoms with Gasteiger partial charge in [-0.25, -0.2) is 9.78 Å². The zero-order valence-corrected chi connectivity index (χ0v) is 12.2. The van der Waals surface area contributed by atoms with Crippen LogP contribution in [0.5, 0.6) is 0 Å². The molecule has 100 valence electrons. The summed E-state index contributed by atoms with van der Waals surface area (Å²) in [5.74, 6) is 0.566. The van der Waals surface area contributed by atoms with Crippen molar-refractivity contribution < 1.29 is 4.79 Å². The van der Waals surface area contributed by atoms with Gasteiger partial charge in [-0.2, -0.15) is 0 Å². The van der Waals surface area contributed by atoms with E-state index >= 15 is 0 Å². The molecule has 0 unspecified atom stereocenters. The van der Waals surface area contributed by atoms with Gasteiger partial charge in [-0.05, 0) is 37.6 Å². The minimum absolute atomic E-state index is 0.0958. The molecule has 2 amide bonds. The predicted molar refractivity (Wildman–Crippen MR) is 78.9 cm³/mol. The Kier molecular flexibility index (Phi) is 4.39. The van der Waals surface area contributed by atoms with E-state index in [4.69, 9.17) is 11.6 Å². The van der Waals surface area contributed by atoms with E-state index in [9.17, 15) is 4.79 Å². The number of anilines is 1. The summed E-state index contributed by atoms with van der Waals surface area (Å²) in [5, 5.41) is 5.58. The van der Waals surface area contributed by atoms with Gasteiger partial charge >= 0.3 is 6.03 Å². The molecule has 1 atom stereocenters. The Labute approximate surface area is 120 Å². The zero-order valence-electron chi connectivity index (χ0n) is 10.6. The van der Waals surface area contributed by atoms with E-state index in [-0.39, 0.29) is 12.1 Å². The molecule has 0 fully saturated rings. The fraction of sp³-hybridized carbons (Fsp3) is 0.231. The van der Waals surface area contributed by atoms with E-state index in [0.717, 1.165) is 10.4 Å².